The fourth-order valence-corrected chi connectivity index (χ4v) is 3.63. The van der Waals surface area contributed by atoms with Crippen molar-refractivity contribution in [3.63, 3.8) is 0 Å². The van der Waals surface area contributed by atoms with E-state index in [9.17, 15) is 14.9 Å². The maximum Gasteiger partial charge on any atom is 0.271 e. The minimum Gasteiger partial charge on any atom is -0.485 e. The molecule has 9 nitrogen and oxygen atoms in total. The van der Waals surface area contributed by atoms with Crippen LogP contribution in [0.5, 0.6) is 5.75 Å². The van der Waals surface area contributed by atoms with Crippen molar-refractivity contribution in [3.05, 3.63) is 68.5 Å². The Bertz CT molecular complexity index is 1130. The van der Waals surface area contributed by atoms with Crippen molar-refractivity contribution in [2.75, 3.05) is 11.1 Å². The second kappa shape index (κ2) is 9.80. The van der Waals surface area contributed by atoms with E-state index in [1.165, 1.54) is 30.0 Å². The summed E-state index contributed by atoms with van der Waals surface area (Å²) in [7, 11) is 1.79. The van der Waals surface area contributed by atoms with Crippen LogP contribution in [0, 0.1) is 24.0 Å². The number of halogens is 1. The van der Waals surface area contributed by atoms with Gasteiger partial charge in [-0.1, -0.05) is 41.1 Å². The van der Waals surface area contributed by atoms with Gasteiger partial charge in [0.25, 0.3) is 5.69 Å². The number of hydrogen-bond acceptors (Lipinski definition) is 7. The number of nitrogens with zero attached hydrogens (tertiary/aromatic N) is 4. The summed E-state index contributed by atoms with van der Waals surface area (Å²) in [6.07, 6.45) is 0. The van der Waals surface area contributed by atoms with Gasteiger partial charge in [0.05, 0.1) is 21.4 Å². The molecule has 0 fully saturated rings. The quantitative estimate of drug-likeness (QED) is 0.302. The summed E-state index contributed by atoms with van der Waals surface area (Å²) in [5.74, 6) is 1.05. The van der Waals surface area contributed by atoms with Gasteiger partial charge in [0.2, 0.25) is 5.91 Å². The van der Waals surface area contributed by atoms with Crippen LogP contribution < -0.4 is 10.1 Å². The van der Waals surface area contributed by atoms with Crippen molar-refractivity contribution in [1.82, 2.24) is 14.8 Å². The number of thioether (sulfide) groups is 1. The Balaban J connectivity index is 1.58. The third-order valence-corrected chi connectivity index (χ3v) is 5.73. The van der Waals surface area contributed by atoms with Crippen LogP contribution in [-0.2, 0) is 18.4 Å². The molecule has 1 amide bonds. The normalized spacial score (nSPS) is 10.7. The second-order valence-electron chi connectivity index (χ2n) is 6.77. The Morgan fingerprint density at radius 1 is 1.26 bits per heavy atom. The van der Waals surface area contributed by atoms with E-state index in [2.05, 4.69) is 15.5 Å². The van der Waals surface area contributed by atoms with Crippen LogP contribution in [0.4, 0.5) is 11.4 Å². The number of nitro groups is 1. The zero-order chi connectivity index (χ0) is 22.5. The number of anilines is 1. The number of aromatic nitrogens is 3. The molecule has 0 radical (unpaired) electrons. The van der Waals surface area contributed by atoms with E-state index in [4.69, 9.17) is 16.3 Å². The van der Waals surface area contributed by atoms with E-state index in [1.807, 2.05) is 32.0 Å². The molecule has 1 N–H and O–H groups in total. The standard InChI is InChI=1S/C20H20ClN5O4S/c1-12-4-7-17(13(2)8-12)30-10-18-23-24-20(25(18)3)31-11-19(27)22-16-9-14(26(28)29)5-6-15(16)21/h4-9H,10-11H2,1-3H3,(H,22,27). The van der Waals surface area contributed by atoms with Crippen LogP contribution in [0.3, 0.4) is 0 Å². The predicted molar refractivity (Wildman–Crippen MR) is 119 cm³/mol. The van der Waals surface area contributed by atoms with Gasteiger partial charge >= 0.3 is 0 Å². The third-order valence-electron chi connectivity index (χ3n) is 4.38. The van der Waals surface area contributed by atoms with Gasteiger partial charge in [-0.05, 0) is 31.5 Å². The average molecular weight is 462 g/mol. The van der Waals surface area contributed by atoms with Crippen LogP contribution in [0.2, 0.25) is 5.02 Å². The zero-order valence-electron chi connectivity index (χ0n) is 17.1. The first kappa shape index (κ1) is 22.6. The lowest BCUT2D eigenvalue weighted by Gasteiger charge is -2.10. The highest BCUT2D eigenvalue weighted by Gasteiger charge is 2.15. The fraction of sp³-hybridized carbons (Fsp3) is 0.250. The highest BCUT2D eigenvalue weighted by molar-refractivity contribution is 7.99. The summed E-state index contributed by atoms with van der Waals surface area (Å²) in [4.78, 5) is 22.6. The van der Waals surface area contributed by atoms with Crippen LogP contribution in [0.25, 0.3) is 0 Å². The number of aryl methyl sites for hydroxylation is 2. The molecule has 0 saturated carbocycles. The van der Waals surface area contributed by atoms with Crippen molar-refractivity contribution in [3.8, 4) is 5.75 Å². The van der Waals surface area contributed by atoms with Crippen molar-refractivity contribution < 1.29 is 14.5 Å². The van der Waals surface area contributed by atoms with Crippen molar-refractivity contribution in [2.45, 2.75) is 25.6 Å². The zero-order valence-corrected chi connectivity index (χ0v) is 18.7. The molecule has 162 valence electrons. The number of ether oxygens (including phenoxy) is 1. The largest absolute Gasteiger partial charge is 0.485 e. The maximum absolute atomic E-state index is 12.3. The first-order valence-corrected chi connectivity index (χ1v) is 10.6. The van der Waals surface area contributed by atoms with E-state index in [0.717, 1.165) is 16.9 Å². The Morgan fingerprint density at radius 2 is 2.03 bits per heavy atom. The number of amides is 1. The molecule has 0 saturated heterocycles. The van der Waals surface area contributed by atoms with Gasteiger partial charge in [-0.2, -0.15) is 0 Å². The molecule has 0 spiro atoms. The molecule has 1 aromatic heterocycles. The van der Waals surface area contributed by atoms with E-state index >= 15 is 0 Å². The molecule has 0 atom stereocenters. The summed E-state index contributed by atoms with van der Waals surface area (Å²) in [5, 5.41) is 22.5. The topological polar surface area (TPSA) is 112 Å². The van der Waals surface area contributed by atoms with E-state index in [1.54, 1.807) is 11.6 Å². The number of non-ortho nitro benzene ring substituents is 1. The summed E-state index contributed by atoms with van der Waals surface area (Å²) in [6.45, 7) is 4.24. The molecule has 1 heterocycles. The molecule has 0 unspecified atom stereocenters. The lowest BCUT2D eigenvalue weighted by Crippen LogP contribution is -2.15. The van der Waals surface area contributed by atoms with Crippen LogP contribution in [0.15, 0.2) is 41.6 Å². The Kier molecular flexibility index (Phi) is 7.13. The Labute approximate surface area is 187 Å². The van der Waals surface area contributed by atoms with Crippen molar-refractivity contribution in [1.29, 1.82) is 0 Å². The number of nitro benzene ring substituents is 1. The monoisotopic (exact) mass is 461 g/mol. The molecule has 3 rings (SSSR count). The van der Waals surface area contributed by atoms with Gasteiger partial charge in [-0.3, -0.25) is 14.9 Å². The van der Waals surface area contributed by atoms with Gasteiger partial charge in [0, 0.05) is 19.2 Å². The molecule has 31 heavy (non-hydrogen) atoms. The van der Waals surface area contributed by atoms with Gasteiger partial charge in [-0.15, -0.1) is 10.2 Å². The molecular weight excluding hydrogens is 442 g/mol. The SMILES string of the molecule is Cc1ccc(OCc2nnc(SCC(=O)Nc3cc([N+](=O)[O-])ccc3Cl)n2C)c(C)c1. The number of carbonyl (C=O) groups excluding carboxylic acids is 1. The maximum atomic E-state index is 12.3. The smallest absolute Gasteiger partial charge is 0.271 e. The van der Waals surface area contributed by atoms with Gasteiger partial charge < -0.3 is 14.6 Å². The van der Waals surface area contributed by atoms with E-state index < -0.39 is 4.92 Å². The summed E-state index contributed by atoms with van der Waals surface area (Å²) < 4.78 is 7.59. The molecule has 0 aliphatic rings. The molecule has 0 aliphatic heterocycles. The lowest BCUT2D eigenvalue weighted by atomic mass is 10.1. The Morgan fingerprint density at radius 3 is 2.74 bits per heavy atom. The number of benzene rings is 2. The van der Waals surface area contributed by atoms with Gasteiger partial charge in [0.15, 0.2) is 11.0 Å². The summed E-state index contributed by atoms with van der Waals surface area (Å²) in [6, 6.07) is 9.79. The lowest BCUT2D eigenvalue weighted by molar-refractivity contribution is -0.384. The van der Waals surface area contributed by atoms with Crippen molar-refractivity contribution in [2.24, 2.45) is 7.05 Å². The minimum atomic E-state index is -0.554. The highest BCUT2D eigenvalue weighted by Crippen LogP contribution is 2.27. The Hall–Kier alpha value is -3.11. The fourth-order valence-electron chi connectivity index (χ4n) is 2.74. The number of hydrogen-bond donors (Lipinski definition) is 1. The van der Waals surface area contributed by atoms with Crippen LogP contribution >= 0.6 is 23.4 Å². The summed E-state index contributed by atoms with van der Waals surface area (Å²) in [5.41, 5.74) is 2.22. The predicted octanol–water partition coefficient (Wildman–Crippen LogP) is 4.30. The number of carbonyl (C=O) groups is 1. The minimum absolute atomic E-state index is 0.0307. The third kappa shape index (κ3) is 5.74. The van der Waals surface area contributed by atoms with Crippen molar-refractivity contribution >= 4 is 40.6 Å². The first-order chi connectivity index (χ1) is 14.7. The van der Waals surface area contributed by atoms with E-state index in [-0.39, 0.29) is 34.7 Å². The van der Waals surface area contributed by atoms with E-state index in [0.29, 0.717) is 11.0 Å². The molecule has 3 aromatic rings. The van der Waals surface area contributed by atoms with Crippen LogP contribution in [0.1, 0.15) is 17.0 Å². The summed E-state index contributed by atoms with van der Waals surface area (Å²) >= 11 is 7.19. The molecule has 0 aliphatic carbocycles. The first-order valence-electron chi connectivity index (χ1n) is 9.19. The molecule has 11 heteroatoms. The van der Waals surface area contributed by atoms with Gasteiger partial charge in [-0.25, -0.2) is 0 Å². The molecule has 0 bridgehead atoms. The van der Waals surface area contributed by atoms with Gasteiger partial charge in [0.1, 0.15) is 12.4 Å². The van der Waals surface area contributed by atoms with Crippen LogP contribution in [-0.4, -0.2) is 31.3 Å². The number of rotatable bonds is 8. The second-order valence-corrected chi connectivity index (χ2v) is 8.12. The average Bonchev–Trinajstić information content (AvgIpc) is 3.07. The number of nitrogens with one attached hydrogen (secondary N) is 1. The molecular formula is C20H20ClN5O4S. The highest BCUT2D eigenvalue weighted by atomic mass is 35.5. The molecule has 2 aromatic carbocycles.